The summed E-state index contributed by atoms with van der Waals surface area (Å²) in [6.45, 7) is 9.76. The Hall–Kier alpha value is -2.76. The summed E-state index contributed by atoms with van der Waals surface area (Å²) in [6.07, 6.45) is 4.75. The number of hydrogen-bond acceptors (Lipinski definition) is 8. The van der Waals surface area contributed by atoms with Crippen LogP contribution in [-0.4, -0.2) is 63.5 Å². The number of piperidine rings is 1. The van der Waals surface area contributed by atoms with Crippen molar-refractivity contribution in [2.24, 2.45) is 5.41 Å². The summed E-state index contributed by atoms with van der Waals surface area (Å²) < 4.78 is 11.5. The number of anilines is 1. The molecule has 0 radical (unpaired) electrons. The number of H-pyrrole nitrogens is 2. The Morgan fingerprint density at radius 3 is 2.68 bits per heavy atom. The van der Waals surface area contributed by atoms with Gasteiger partial charge in [0.15, 0.2) is 0 Å². The third-order valence-corrected chi connectivity index (χ3v) is 8.43. The number of fused-ring (bicyclic) bond motifs is 1. The van der Waals surface area contributed by atoms with Gasteiger partial charge < -0.3 is 29.7 Å². The number of halogens is 1. The van der Waals surface area contributed by atoms with E-state index in [4.69, 9.17) is 21.1 Å². The number of ether oxygens (including phenoxy) is 2. The molecule has 0 unspecified atom stereocenters. The zero-order chi connectivity index (χ0) is 26.4. The lowest BCUT2D eigenvalue weighted by molar-refractivity contribution is 0.0434. The van der Waals surface area contributed by atoms with Gasteiger partial charge in [0.1, 0.15) is 16.4 Å². The maximum Gasteiger partial charge on any atom is 0.407 e. The van der Waals surface area contributed by atoms with Crippen molar-refractivity contribution in [2.75, 3.05) is 24.6 Å². The minimum Gasteiger partial charge on any atom is -0.444 e. The number of nitrogens with one attached hydrogen (secondary N) is 3. The van der Waals surface area contributed by atoms with Crippen LogP contribution in [0.2, 0.25) is 5.02 Å². The van der Waals surface area contributed by atoms with E-state index in [9.17, 15) is 9.59 Å². The van der Waals surface area contributed by atoms with Gasteiger partial charge >= 0.3 is 11.8 Å². The van der Waals surface area contributed by atoms with Gasteiger partial charge in [-0.2, -0.15) is 0 Å². The van der Waals surface area contributed by atoms with E-state index in [1.54, 1.807) is 12.4 Å². The molecule has 2 fully saturated rings. The van der Waals surface area contributed by atoms with Crippen molar-refractivity contribution in [3.05, 3.63) is 40.0 Å². The molecule has 12 heteroatoms. The van der Waals surface area contributed by atoms with Gasteiger partial charge in [-0.1, -0.05) is 23.4 Å². The Morgan fingerprint density at radius 2 is 2.00 bits per heavy atom. The van der Waals surface area contributed by atoms with E-state index in [0.717, 1.165) is 36.6 Å². The quantitative estimate of drug-likeness (QED) is 0.441. The van der Waals surface area contributed by atoms with Gasteiger partial charge in [0, 0.05) is 23.4 Å². The molecule has 4 heterocycles. The maximum absolute atomic E-state index is 12.5. The molecule has 10 nitrogen and oxygen atoms in total. The van der Waals surface area contributed by atoms with Crippen LogP contribution in [0.5, 0.6) is 0 Å². The Balaban J connectivity index is 1.22. The Kier molecular flexibility index (Phi) is 6.88. The molecule has 198 valence electrons. The number of hydrogen-bond donors (Lipinski definition) is 3. The molecule has 2 saturated heterocycles. The Labute approximate surface area is 223 Å². The highest BCUT2D eigenvalue weighted by atomic mass is 35.5. The molecule has 0 saturated carbocycles. The molecule has 2 aliphatic rings. The molecule has 2 aromatic heterocycles. The van der Waals surface area contributed by atoms with Crippen molar-refractivity contribution in [3.8, 4) is 0 Å². The third kappa shape index (κ3) is 5.44. The number of rotatable bonds is 4. The predicted molar refractivity (Wildman–Crippen MR) is 143 cm³/mol. The van der Waals surface area contributed by atoms with Gasteiger partial charge in [-0.3, -0.25) is 0 Å². The van der Waals surface area contributed by atoms with E-state index < -0.39 is 11.7 Å². The lowest BCUT2D eigenvalue weighted by Crippen LogP contribution is -2.55. The summed E-state index contributed by atoms with van der Waals surface area (Å²) in [7, 11) is 0. The van der Waals surface area contributed by atoms with Crippen molar-refractivity contribution >= 4 is 46.3 Å². The number of carbonyl (C=O) groups excluding carboxylic acids is 1. The number of nitrogens with zero attached hydrogens (tertiary/aromatic N) is 3. The lowest BCUT2D eigenvalue weighted by Gasteiger charge is -2.42. The standard InChI is InChI=1S/C25H31ClN6O4S/c1-14-21(31-23(34)36-24(2,3)4)25(13-35-14)7-9-32(10-8-25)17-11-28-18(12-27-17)37-16-6-5-15-20(19(16)26)30-22(33)29-15/h5-6,11-12,14,21H,7-10,13H2,1-4H3,(H,31,34)(H2,29,30,33)/t14-,21+/m0/s1. The number of benzene rings is 1. The highest BCUT2D eigenvalue weighted by molar-refractivity contribution is 7.99. The molecule has 5 rings (SSSR count). The second kappa shape index (κ2) is 9.85. The zero-order valence-corrected chi connectivity index (χ0v) is 22.8. The number of aromatic amines is 2. The van der Waals surface area contributed by atoms with Crippen molar-refractivity contribution < 1.29 is 14.3 Å². The van der Waals surface area contributed by atoms with Crippen LogP contribution in [0.25, 0.3) is 11.0 Å². The van der Waals surface area contributed by atoms with E-state index in [1.165, 1.54) is 11.8 Å². The molecule has 3 aromatic rings. The number of alkyl carbamates (subject to hydrolysis) is 1. The van der Waals surface area contributed by atoms with Gasteiger partial charge in [0.2, 0.25) is 0 Å². The zero-order valence-electron chi connectivity index (χ0n) is 21.3. The fourth-order valence-corrected chi connectivity index (χ4v) is 6.18. The lowest BCUT2D eigenvalue weighted by atomic mass is 9.73. The second-order valence-corrected chi connectivity index (χ2v) is 12.1. The Bertz CT molecular complexity index is 1340. The highest BCUT2D eigenvalue weighted by Crippen LogP contribution is 2.43. The first-order valence-electron chi connectivity index (χ1n) is 12.3. The minimum absolute atomic E-state index is 0.0784. The monoisotopic (exact) mass is 546 g/mol. The highest BCUT2D eigenvalue weighted by Gasteiger charge is 2.50. The van der Waals surface area contributed by atoms with Crippen LogP contribution < -0.4 is 15.9 Å². The van der Waals surface area contributed by atoms with Crippen LogP contribution in [0, 0.1) is 5.41 Å². The van der Waals surface area contributed by atoms with E-state index in [-0.39, 0.29) is 23.3 Å². The first-order chi connectivity index (χ1) is 17.5. The predicted octanol–water partition coefficient (Wildman–Crippen LogP) is 4.35. The van der Waals surface area contributed by atoms with Gasteiger partial charge in [-0.15, -0.1) is 0 Å². The van der Waals surface area contributed by atoms with Gasteiger partial charge in [0.25, 0.3) is 0 Å². The third-order valence-electron chi connectivity index (χ3n) is 6.94. The normalized spacial score (nSPS) is 21.5. The minimum atomic E-state index is -0.550. The summed E-state index contributed by atoms with van der Waals surface area (Å²) in [6, 6.07) is 3.56. The van der Waals surface area contributed by atoms with Crippen LogP contribution in [0.4, 0.5) is 10.6 Å². The topological polar surface area (TPSA) is 125 Å². The number of aromatic nitrogens is 4. The van der Waals surface area contributed by atoms with Crippen LogP contribution in [0.1, 0.15) is 40.5 Å². The maximum atomic E-state index is 12.5. The summed E-state index contributed by atoms with van der Waals surface area (Å²) in [5.41, 5.74) is 0.260. The molecule has 37 heavy (non-hydrogen) atoms. The summed E-state index contributed by atoms with van der Waals surface area (Å²) in [5, 5.41) is 4.25. The number of imidazole rings is 1. The van der Waals surface area contributed by atoms with Crippen LogP contribution in [0.3, 0.4) is 0 Å². The van der Waals surface area contributed by atoms with Crippen LogP contribution >= 0.6 is 23.4 Å². The van der Waals surface area contributed by atoms with Gasteiger partial charge in [-0.05, 0) is 52.7 Å². The average Bonchev–Trinajstić information content (AvgIpc) is 3.36. The van der Waals surface area contributed by atoms with Crippen molar-refractivity contribution in [1.29, 1.82) is 0 Å². The van der Waals surface area contributed by atoms with E-state index in [2.05, 4.69) is 30.2 Å². The van der Waals surface area contributed by atoms with Crippen LogP contribution in [-0.2, 0) is 9.47 Å². The first kappa shape index (κ1) is 25.9. The molecule has 1 aromatic carbocycles. The molecular formula is C25H31ClN6O4S. The second-order valence-electron chi connectivity index (χ2n) is 10.7. The molecular weight excluding hydrogens is 516 g/mol. The molecule has 1 spiro atoms. The van der Waals surface area contributed by atoms with E-state index in [0.29, 0.717) is 27.7 Å². The Morgan fingerprint density at radius 1 is 1.24 bits per heavy atom. The summed E-state index contributed by atoms with van der Waals surface area (Å²) >= 11 is 7.88. The molecule has 1 amide bonds. The number of amides is 1. The average molecular weight is 547 g/mol. The first-order valence-corrected chi connectivity index (χ1v) is 13.5. The SMILES string of the molecule is C[C@@H]1OCC2(CCN(c3cnc(Sc4ccc5[nH]c(=O)[nH]c5c4Cl)cn3)CC2)[C@@H]1NC(=O)OC(C)(C)C. The largest absolute Gasteiger partial charge is 0.444 e. The van der Waals surface area contributed by atoms with Crippen molar-refractivity contribution in [2.45, 2.75) is 68.2 Å². The van der Waals surface area contributed by atoms with Gasteiger partial charge in [0.05, 0.1) is 47.2 Å². The summed E-state index contributed by atoms with van der Waals surface area (Å²) in [4.78, 5) is 41.7. The fraction of sp³-hybridized carbons (Fsp3) is 0.520. The van der Waals surface area contributed by atoms with E-state index in [1.807, 2.05) is 39.8 Å². The fourth-order valence-electron chi connectivity index (χ4n) is 5.09. The number of carbonyl (C=O) groups is 1. The van der Waals surface area contributed by atoms with Crippen molar-refractivity contribution in [1.82, 2.24) is 25.3 Å². The van der Waals surface area contributed by atoms with E-state index >= 15 is 0 Å². The molecule has 0 aliphatic carbocycles. The van der Waals surface area contributed by atoms with Crippen molar-refractivity contribution in [3.63, 3.8) is 0 Å². The van der Waals surface area contributed by atoms with Gasteiger partial charge in [-0.25, -0.2) is 19.6 Å². The molecule has 0 bridgehead atoms. The smallest absolute Gasteiger partial charge is 0.407 e. The molecule has 3 N–H and O–H groups in total. The molecule has 2 atom stereocenters. The van der Waals surface area contributed by atoms with Crippen LogP contribution in [0.15, 0.2) is 39.2 Å². The summed E-state index contributed by atoms with van der Waals surface area (Å²) in [5.74, 6) is 0.805. The molecule has 2 aliphatic heterocycles.